The van der Waals surface area contributed by atoms with Crippen molar-refractivity contribution in [3.63, 3.8) is 0 Å². The molecule has 0 bridgehead atoms. The van der Waals surface area contributed by atoms with E-state index in [1.165, 1.54) is 17.7 Å². The van der Waals surface area contributed by atoms with Gasteiger partial charge in [0, 0.05) is 18.3 Å². The number of benzene rings is 1. The van der Waals surface area contributed by atoms with E-state index >= 15 is 0 Å². The molecule has 124 valence electrons. The summed E-state index contributed by atoms with van der Waals surface area (Å²) in [5, 5.41) is 5.75. The average molecular weight is 327 g/mol. The molecule has 3 N–H and O–H groups in total. The van der Waals surface area contributed by atoms with Gasteiger partial charge < -0.3 is 4.90 Å². The van der Waals surface area contributed by atoms with E-state index in [1.54, 1.807) is 0 Å². The van der Waals surface area contributed by atoms with Gasteiger partial charge in [0.1, 0.15) is 0 Å². The molecule has 1 aromatic heterocycles. The molecule has 0 spiro atoms. The van der Waals surface area contributed by atoms with Crippen molar-refractivity contribution in [1.82, 2.24) is 21.0 Å². The highest BCUT2D eigenvalue weighted by molar-refractivity contribution is 5.94. The van der Waals surface area contributed by atoms with Gasteiger partial charge in [-0.15, -0.1) is 0 Å². The Kier molecular flexibility index (Phi) is 4.55. The lowest BCUT2D eigenvalue weighted by atomic mass is 10.0. The summed E-state index contributed by atoms with van der Waals surface area (Å²) in [6.45, 7) is 0.941. The zero-order chi connectivity index (χ0) is 16.9. The normalized spacial score (nSPS) is 13.1. The van der Waals surface area contributed by atoms with Crippen LogP contribution in [0.5, 0.6) is 0 Å². The third-order valence-electron chi connectivity index (χ3n) is 3.77. The van der Waals surface area contributed by atoms with Gasteiger partial charge in [-0.2, -0.15) is 5.10 Å². The van der Waals surface area contributed by atoms with Crippen molar-refractivity contribution in [2.24, 2.45) is 0 Å². The molecule has 1 aliphatic heterocycles. The van der Waals surface area contributed by atoms with Gasteiger partial charge in [0.2, 0.25) is 0 Å². The summed E-state index contributed by atoms with van der Waals surface area (Å²) in [6, 6.07) is 10.4. The van der Waals surface area contributed by atoms with Gasteiger partial charge in [-0.05, 0) is 30.5 Å². The quantitative estimate of drug-likeness (QED) is 0.687. The molecular weight excluding hydrogens is 310 g/mol. The molecule has 0 radical (unpaired) electrons. The van der Waals surface area contributed by atoms with Crippen LogP contribution in [0.4, 0.5) is 5.69 Å². The molecule has 0 saturated carbocycles. The van der Waals surface area contributed by atoms with Gasteiger partial charge in [0.15, 0.2) is 5.69 Å². The Morgan fingerprint density at radius 1 is 1.17 bits per heavy atom. The van der Waals surface area contributed by atoms with Gasteiger partial charge in [-0.1, -0.05) is 18.2 Å². The van der Waals surface area contributed by atoms with E-state index in [-0.39, 0.29) is 18.1 Å². The predicted molar refractivity (Wildman–Crippen MR) is 87.4 cm³/mol. The van der Waals surface area contributed by atoms with E-state index < -0.39 is 11.5 Å². The van der Waals surface area contributed by atoms with Crippen LogP contribution < -0.4 is 21.3 Å². The van der Waals surface area contributed by atoms with Crippen molar-refractivity contribution in [2.45, 2.75) is 12.8 Å². The molecule has 2 heterocycles. The average Bonchev–Trinajstić information content (AvgIpc) is 2.61. The molecule has 0 saturated heterocycles. The second-order valence-corrected chi connectivity index (χ2v) is 5.46. The van der Waals surface area contributed by atoms with Crippen LogP contribution in [-0.2, 0) is 11.2 Å². The number of carbonyl (C=O) groups is 2. The fourth-order valence-corrected chi connectivity index (χ4v) is 2.65. The fraction of sp³-hybridized carbons (Fsp3) is 0.250. The number of fused-ring (bicyclic) bond motifs is 1. The second-order valence-electron chi connectivity index (χ2n) is 5.46. The summed E-state index contributed by atoms with van der Waals surface area (Å²) in [5.74, 6) is -0.928. The third kappa shape index (κ3) is 3.60. The predicted octanol–water partition coefficient (Wildman–Crippen LogP) is -0.0163. The number of carbonyl (C=O) groups excluding carboxylic acids is 2. The molecule has 1 aromatic carbocycles. The van der Waals surface area contributed by atoms with Crippen LogP contribution in [0.3, 0.4) is 0 Å². The van der Waals surface area contributed by atoms with E-state index in [2.05, 4.69) is 27.1 Å². The fourth-order valence-electron chi connectivity index (χ4n) is 2.65. The number of anilines is 1. The number of H-pyrrole nitrogens is 1. The Labute approximate surface area is 137 Å². The zero-order valence-electron chi connectivity index (χ0n) is 12.9. The van der Waals surface area contributed by atoms with Gasteiger partial charge in [-0.25, -0.2) is 5.10 Å². The van der Waals surface area contributed by atoms with Crippen LogP contribution in [0, 0.1) is 0 Å². The Bertz CT molecular complexity index is 797. The number of hydrogen-bond donors (Lipinski definition) is 3. The topological polar surface area (TPSA) is 107 Å². The number of aromatic nitrogens is 2. The monoisotopic (exact) mass is 327 g/mol. The summed E-state index contributed by atoms with van der Waals surface area (Å²) in [4.78, 5) is 36.8. The van der Waals surface area contributed by atoms with E-state index in [9.17, 15) is 14.4 Å². The first-order valence-corrected chi connectivity index (χ1v) is 7.61. The number of nitrogens with zero attached hydrogens (tertiary/aromatic N) is 2. The number of nitrogens with one attached hydrogen (secondary N) is 3. The van der Waals surface area contributed by atoms with Crippen LogP contribution in [0.1, 0.15) is 22.5 Å². The number of amides is 2. The maximum atomic E-state index is 12.1. The highest BCUT2D eigenvalue weighted by atomic mass is 16.2. The molecule has 0 aliphatic carbocycles. The molecule has 0 fully saturated rings. The SMILES string of the molecule is O=C(CN1CCCc2ccccc21)NNC(=O)c1ccc(=O)[nH]n1. The zero-order valence-corrected chi connectivity index (χ0v) is 12.9. The minimum atomic E-state index is -0.598. The van der Waals surface area contributed by atoms with Gasteiger partial charge in [0.25, 0.3) is 17.4 Å². The smallest absolute Gasteiger partial charge is 0.290 e. The van der Waals surface area contributed by atoms with Crippen molar-refractivity contribution < 1.29 is 9.59 Å². The van der Waals surface area contributed by atoms with E-state index in [4.69, 9.17) is 0 Å². The molecule has 2 aromatic rings. The first-order chi connectivity index (χ1) is 11.6. The summed E-state index contributed by atoms with van der Waals surface area (Å²) in [5.41, 5.74) is 6.52. The number of para-hydroxylation sites is 1. The van der Waals surface area contributed by atoms with Crippen LogP contribution >= 0.6 is 0 Å². The van der Waals surface area contributed by atoms with E-state index in [0.717, 1.165) is 25.1 Å². The Morgan fingerprint density at radius 3 is 2.79 bits per heavy atom. The molecule has 8 nitrogen and oxygen atoms in total. The number of hydrazine groups is 1. The maximum Gasteiger partial charge on any atom is 0.290 e. The van der Waals surface area contributed by atoms with Crippen molar-refractivity contribution >= 4 is 17.5 Å². The van der Waals surface area contributed by atoms with E-state index in [1.807, 2.05) is 23.1 Å². The lowest BCUT2D eigenvalue weighted by Gasteiger charge is -2.30. The summed E-state index contributed by atoms with van der Waals surface area (Å²) < 4.78 is 0. The standard InChI is InChI=1S/C16H17N5O3/c22-14-8-7-12(17-18-14)16(24)20-19-15(23)10-21-9-3-5-11-4-1-2-6-13(11)21/h1-2,4,6-8H,3,5,9-10H2,(H,18,22)(H,19,23)(H,20,24). The van der Waals surface area contributed by atoms with Crippen molar-refractivity contribution in [3.8, 4) is 0 Å². The van der Waals surface area contributed by atoms with Gasteiger partial charge >= 0.3 is 0 Å². The lowest BCUT2D eigenvalue weighted by Crippen LogP contribution is -2.47. The minimum Gasteiger partial charge on any atom is -0.362 e. The maximum absolute atomic E-state index is 12.1. The minimum absolute atomic E-state index is 0.0122. The Hall–Kier alpha value is -3.16. The molecule has 3 rings (SSSR count). The summed E-state index contributed by atoms with van der Waals surface area (Å²) in [6.07, 6.45) is 1.99. The summed E-state index contributed by atoms with van der Waals surface area (Å²) in [7, 11) is 0. The molecule has 8 heteroatoms. The van der Waals surface area contributed by atoms with Crippen molar-refractivity contribution in [1.29, 1.82) is 0 Å². The molecule has 2 amide bonds. The molecule has 24 heavy (non-hydrogen) atoms. The van der Waals surface area contributed by atoms with E-state index in [0.29, 0.717) is 0 Å². The van der Waals surface area contributed by atoms with Crippen molar-refractivity contribution in [3.05, 3.63) is 58.0 Å². The number of hydrogen-bond acceptors (Lipinski definition) is 5. The van der Waals surface area contributed by atoms with Crippen molar-refractivity contribution in [2.75, 3.05) is 18.0 Å². The van der Waals surface area contributed by atoms with Crippen LogP contribution in [0.15, 0.2) is 41.2 Å². The van der Waals surface area contributed by atoms with Crippen LogP contribution in [0.2, 0.25) is 0 Å². The molecule has 0 atom stereocenters. The number of aryl methyl sites for hydroxylation is 1. The molecule has 1 aliphatic rings. The Balaban J connectivity index is 1.56. The second kappa shape index (κ2) is 6.95. The number of rotatable bonds is 3. The number of aromatic amines is 1. The first-order valence-electron chi connectivity index (χ1n) is 7.61. The third-order valence-corrected chi connectivity index (χ3v) is 3.77. The largest absolute Gasteiger partial charge is 0.362 e. The van der Waals surface area contributed by atoms with Gasteiger partial charge in [-0.3, -0.25) is 25.2 Å². The molecular formula is C16H17N5O3. The van der Waals surface area contributed by atoms with Crippen LogP contribution in [-0.4, -0.2) is 35.1 Å². The molecule has 0 unspecified atom stereocenters. The summed E-state index contributed by atoms with van der Waals surface area (Å²) >= 11 is 0. The van der Waals surface area contributed by atoms with Crippen LogP contribution in [0.25, 0.3) is 0 Å². The Morgan fingerprint density at radius 2 is 2.00 bits per heavy atom. The highest BCUT2D eigenvalue weighted by Gasteiger charge is 2.19. The highest BCUT2D eigenvalue weighted by Crippen LogP contribution is 2.26. The first kappa shape index (κ1) is 15.7. The van der Waals surface area contributed by atoms with Gasteiger partial charge in [0.05, 0.1) is 6.54 Å². The lowest BCUT2D eigenvalue weighted by molar-refractivity contribution is -0.120.